The molecule has 0 saturated heterocycles. The van der Waals surface area contributed by atoms with E-state index in [1.54, 1.807) is 0 Å². The fourth-order valence-corrected chi connectivity index (χ4v) is 7.31. The first-order chi connectivity index (χ1) is 16.2. The van der Waals surface area contributed by atoms with Gasteiger partial charge in [-0.05, 0) is 37.5 Å². The number of nitrogens with one attached hydrogen (secondary N) is 2. The maximum atomic E-state index is 12.1. The molecule has 2 aliphatic rings. The molecule has 34 heavy (non-hydrogen) atoms. The van der Waals surface area contributed by atoms with Gasteiger partial charge in [0, 0.05) is 25.2 Å². The van der Waals surface area contributed by atoms with Crippen LogP contribution in [0, 0.1) is 11.8 Å². The molecule has 0 unspecified atom stereocenters. The lowest BCUT2D eigenvalue weighted by molar-refractivity contribution is -0.140. The Labute approximate surface area is 203 Å². The lowest BCUT2D eigenvalue weighted by Gasteiger charge is -2.21. The van der Waals surface area contributed by atoms with E-state index >= 15 is 0 Å². The summed E-state index contributed by atoms with van der Waals surface area (Å²) in [4.78, 5) is 23.3. The highest BCUT2D eigenvalue weighted by molar-refractivity contribution is 7.89. The maximum Gasteiger partial charge on any atom is 0.331 e. The zero-order valence-electron chi connectivity index (χ0n) is 19.7. The van der Waals surface area contributed by atoms with Crippen molar-refractivity contribution in [1.82, 2.24) is 9.44 Å². The largest absolute Gasteiger partial charge is 0.461 e. The summed E-state index contributed by atoms with van der Waals surface area (Å²) in [6.45, 7) is -0.407. The number of sulfonamides is 2. The van der Waals surface area contributed by atoms with Gasteiger partial charge in [0.15, 0.2) is 0 Å². The van der Waals surface area contributed by atoms with E-state index in [2.05, 4.69) is 9.44 Å². The van der Waals surface area contributed by atoms with Gasteiger partial charge in [0.2, 0.25) is 20.0 Å². The summed E-state index contributed by atoms with van der Waals surface area (Å²) < 4.78 is 62.9. The number of hydrogen-bond acceptors (Lipinski definition) is 8. The number of esters is 2. The summed E-state index contributed by atoms with van der Waals surface area (Å²) in [5, 5.41) is 0. The van der Waals surface area contributed by atoms with E-state index in [1.807, 2.05) is 0 Å². The molecule has 0 radical (unpaired) electrons. The van der Waals surface area contributed by atoms with Crippen LogP contribution in [-0.2, 0) is 39.1 Å². The van der Waals surface area contributed by atoms with Gasteiger partial charge in [-0.2, -0.15) is 0 Å². The summed E-state index contributed by atoms with van der Waals surface area (Å²) >= 11 is 0. The first kappa shape index (κ1) is 28.7. The Morgan fingerprint density at radius 2 is 1.00 bits per heavy atom. The Morgan fingerprint density at radius 1 is 0.647 bits per heavy atom. The molecule has 0 bridgehead atoms. The Bertz CT molecular complexity index is 803. The average Bonchev–Trinajstić information content (AvgIpc) is 2.79. The van der Waals surface area contributed by atoms with Crippen molar-refractivity contribution in [2.75, 3.05) is 37.8 Å². The van der Waals surface area contributed by atoms with Gasteiger partial charge in [0.05, 0.1) is 11.5 Å². The smallest absolute Gasteiger partial charge is 0.331 e. The molecule has 0 aromatic carbocycles. The molecule has 12 heteroatoms. The van der Waals surface area contributed by atoms with Crippen molar-refractivity contribution in [2.45, 2.75) is 64.2 Å². The second-order valence-corrected chi connectivity index (χ2v) is 12.7. The van der Waals surface area contributed by atoms with Gasteiger partial charge in [0.1, 0.15) is 13.2 Å². The van der Waals surface area contributed by atoms with Crippen LogP contribution < -0.4 is 9.44 Å². The summed E-state index contributed by atoms with van der Waals surface area (Å²) in [5.74, 6) is -1.09. The monoisotopic (exact) mass is 522 g/mol. The van der Waals surface area contributed by atoms with E-state index in [0.29, 0.717) is 0 Å². The molecule has 0 heterocycles. The molecule has 0 aromatic rings. The van der Waals surface area contributed by atoms with Gasteiger partial charge in [-0.1, -0.05) is 38.5 Å². The predicted octanol–water partition coefficient (Wildman–Crippen LogP) is 1.63. The van der Waals surface area contributed by atoms with E-state index in [-0.39, 0.29) is 49.6 Å². The summed E-state index contributed by atoms with van der Waals surface area (Å²) in [6.07, 6.45) is 12.0. The van der Waals surface area contributed by atoms with Crippen molar-refractivity contribution in [1.29, 1.82) is 0 Å². The van der Waals surface area contributed by atoms with Crippen LogP contribution in [0.25, 0.3) is 0 Å². The van der Waals surface area contributed by atoms with Crippen LogP contribution in [0.4, 0.5) is 0 Å². The standard InChI is InChI=1S/C22H38N2O8S2/c25-21(31-15-13-23-33(27,28)17-19-7-3-1-4-8-19)11-12-22(26)32-16-14-24-34(29,30)18-20-9-5-2-6-10-20/h11-12,19-20,23-24H,1-10,13-18H2/b12-11+. The summed E-state index contributed by atoms with van der Waals surface area (Å²) in [7, 11) is -6.84. The quantitative estimate of drug-likeness (QED) is 0.199. The second-order valence-electron chi connectivity index (χ2n) is 9.03. The average molecular weight is 523 g/mol. The minimum Gasteiger partial charge on any atom is -0.461 e. The molecular formula is C22H38N2O8S2. The number of hydrogen-bond donors (Lipinski definition) is 2. The highest BCUT2D eigenvalue weighted by atomic mass is 32.2. The zero-order valence-corrected chi connectivity index (χ0v) is 21.3. The number of ether oxygens (including phenoxy) is 2. The third-order valence-corrected chi connectivity index (χ3v) is 9.16. The molecule has 2 N–H and O–H groups in total. The van der Waals surface area contributed by atoms with E-state index < -0.39 is 32.0 Å². The van der Waals surface area contributed by atoms with Crippen molar-refractivity contribution in [2.24, 2.45) is 11.8 Å². The molecule has 2 rings (SSSR count). The van der Waals surface area contributed by atoms with Gasteiger partial charge in [-0.3, -0.25) is 0 Å². The molecule has 196 valence electrons. The van der Waals surface area contributed by atoms with Crippen LogP contribution in [0.3, 0.4) is 0 Å². The molecule has 0 aromatic heterocycles. The van der Waals surface area contributed by atoms with Crippen LogP contribution in [0.1, 0.15) is 64.2 Å². The number of carbonyl (C=O) groups excluding carboxylic acids is 2. The van der Waals surface area contributed by atoms with E-state index in [1.165, 1.54) is 0 Å². The van der Waals surface area contributed by atoms with Gasteiger partial charge in [-0.25, -0.2) is 35.9 Å². The second kappa shape index (κ2) is 14.8. The van der Waals surface area contributed by atoms with Crippen LogP contribution in [0.15, 0.2) is 12.2 Å². The Balaban J connectivity index is 1.53. The zero-order chi connectivity index (χ0) is 24.9. The number of rotatable bonds is 14. The summed E-state index contributed by atoms with van der Waals surface area (Å²) in [6, 6.07) is 0. The molecule has 0 aliphatic heterocycles. The van der Waals surface area contributed by atoms with Gasteiger partial charge in [-0.15, -0.1) is 0 Å². The SMILES string of the molecule is O=C(/C=C/C(=O)OCCNS(=O)(=O)CC1CCCCC1)OCCNS(=O)(=O)CC1CCCCC1. The van der Waals surface area contributed by atoms with Crippen molar-refractivity contribution in [3.63, 3.8) is 0 Å². The Hall–Kier alpha value is -1.50. The highest BCUT2D eigenvalue weighted by Gasteiger charge is 2.22. The first-order valence-electron chi connectivity index (χ1n) is 12.1. The van der Waals surface area contributed by atoms with Gasteiger partial charge < -0.3 is 9.47 Å². The Morgan fingerprint density at radius 3 is 1.35 bits per heavy atom. The third kappa shape index (κ3) is 12.8. The summed E-state index contributed by atoms with van der Waals surface area (Å²) in [5.41, 5.74) is 0. The van der Waals surface area contributed by atoms with E-state index in [0.717, 1.165) is 76.4 Å². The normalized spacial score (nSPS) is 18.7. The predicted molar refractivity (Wildman–Crippen MR) is 128 cm³/mol. The van der Waals surface area contributed by atoms with Crippen LogP contribution in [0.5, 0.6) is 0 Å². The molecule has 0 amide bonds. The third-order valence-electron chi connectivity index (χ3n) is 6.05. The first-order valence-corrected chi connectivity index (χ1v) is 15.4. The topological polar surface area (TPSA) is 145 Å². The lowest BCUT2D eigenvalue weighted by Crippen LogP contribution is -2.33. The van der Waals surface area contributed by atoms with E-state index in [4.69, 9.17) is 9.47 Å². The fraction of sp³-hybridized carbons (Fsp3) is 0.818. The molecule has 2 aliphatic carbocycles. The molecule has 10 nitrogen and oxygen atoms in total. The van der Waals surface area contributed by atoms with Crippen LogP contribution in [-0.4, -0.2) is 66.6 Å². The molecule has 0 atom stereocenters. The van der Waals surface area contributed by atoms with Crippen LogP contribution in [0.2, 0.25) is 0 Å². The van der Waals surface area contributed by atoms with Crippen molar-refractivity contribution in [3.8, 4) is 0 Å². The minimum absolute atomic E-state index is 0.0416. The lowest BCUT2D eigenvalue weighted by atomic mass is 9.91. The molecule has 2 fully saturated rings. The van der Waals surface area contributed by atoms with Crippen LogP contribution >= 0.6 is 0 Å². The van der Waals surface area contributed by atoms with Crippen molar-refractivity contribution in [3.05, 3.63) is 12.2 Å². The maximum absolute atomic E-state index is 12.1. The van der Waals surface area contributed by atoms with E-state index in [9.17, 15) is 26.4 Å². The van der Waals surface area contributed by atoms with Gasteiger partial charge in [0.25, 0.3) is 0 Å². The highest BCUT2D eigenvalue weighted by Crippen LogP contribution is 2.25. The van der Waals surface area contributed by atoms with Crippen molar-refractivity contribution >= 4 is 32.0 Å². The van der Waals surface area contributed by atoms with Crippen molar-refractivity contribution < 1.29 is 35.9 Å². The Kier molecular flexibility index (Phi) is 12.5. The molecule has 0 spiro atoms. The molecular weight excluding hydrogens is 484 g/mol. The fourth-order valence-electron chi connectivity index (χ4n) is 4.38. The minimum atomic E-state index is -3.42. The number of carbonyl (C=O) groups is 2. The molecule has 2 saturated carbocycles. The van der Waals surface area contributed by atoms with Gasteiger partial charge >= 0.3 is 11.9 Å².